The standard InChI is InChI=1S/C26H23FN2O2/c1-15-6-12-21(18(4)13-15)28-24-23(19-8-10-20(27)11-9-19)25(30)29(26(24)31)22-14-16(2)5-7-17(22)3/h5-14,28H,1-4H3. The largest absolute Gasteiger partial charge is 0.350 e. The predicted octanol–water partition coefficient (Wildman–Crippen LogP) is 5.46. The number of carbonyl (C=O) groups is 2. The smallest absolute Gasteiger partial charge is 0.282 e. The fourth-order valence-electron chi connectivity index (χ4n) is 3.80. The molecule has 0 bridgehead atoms. The summed E-state index contributed by atoms with van der Waals surface area (Å²) in [5, 5.41) is 3.19. The molecule has 1 aliphatic heterocycles. The summed E-state index contributed by atoms with van der Waals surface area (Å²) >= 11 is 0. The van der Waals surface area contributed by atoms with Gasteiger partial charge >= 0.3 is 0 Å². The molecule has 0 aliphatic carbocycles. The lowest BCUT2D eigenvalue weighted by molar-refractivity contribution is -0.120. The summed E-state index contributed by atoms with van der Waals surface area (Å²) in [5.74, 6) is -1.27. The van der Waals surface area contributed by atoms with Crippen LogP contribution in [0.1, 0.15) is 27.8 Å². The van der Waals surface area contributed by atoms with Crippen molar-refractivity contribution in [2.24, 2.45) is 0 Å². The molecule has 156 valence electrons. The van der Waals surface area contributed by atoms with E-state index in [2.05, 4.69) is 5.32 Å². The zero-order valence-corrected chi connectivity index (χ0v) is 17.9. The maximum absolute atomic E-state index is 13.5. The van der Waals surface area contributed by atoms with Gasteiger partial charge in [0.1, 0.15) is 11.5 Å². The quantitative estimate of drug-likeness (QED) is 0.577. The number of amides is 2. The van der Waals surface area contributed by atoms with Crippen molar-refractivity contribution in [1.82, 2.24) is 0 Å². The maximum Gasteiger partial charge on any atom is 0.282 e. The molecule has 3 aromatic carbocycles. The van der Waals surface area contributed by atoms with Crippen LogP contribution in [0.5, 0.6) is 0 Å². The van der Waals surface area contributed by atoms with E-state index >= 15 is 0 Å². The lowest BCUT2D eigenvalue weighted by atomic mass is 10.0. The molecule has 5 heteroatoms. The van der Waals surface area contributed by atoms with E-state index in [1.165, 1.54) is 29.2 Å². The predicted molar refractivity (Wildman–Crippen MR) is 121 cm³/mol. The van der Waals surface area contributed by atoms with Crippen LogP contribution >= 0.6 is 0 Å². The van der Waals surface area contributed by atoms with Crippen molar-refractivity contribution >= 4 is 28.8 Å². The van der Waals surface area contributed by atoms with E-state index in [1.54, 1.807) is 0 Å². The molecule has 0 fully saturated rings. The van der Waals surface area contributed by atoms with Crippen LogP contribution in [0.15, 0.2) is 66.4 Å². The number of imide groups is 1. The Morgan fingerprint density at radius 2 is 1.39 bits per heavy atom. The topological polar surface area (TPSA) is 49.4 Å². The van der Waals surface area contributed by atoms with E-state index in [1.807, 2.05) is 64.1 Å². The molecule has 0 radical (unpaired) electrons. The summed E-state index contributed by atoms with van der Waals surface area (Å²) in [4.78, 5) is 28.2. The number of anilines is 2. The molecule has 1 heterocycles. The third kappa shape index (κ3) is 3.75. The van der Waals surface area contributed by atoms with Crippen molar-refractivity contribution in [3.8, 4) is 0 Å². The van der Waals surface area contributed by atoms with Gasteiger partial charge in [0, 0.05) is 5.69 Å². The second-order valence-electron chi connectivity index (χ2n) is 7.94. The highest BCUT2D eigenvalue weighted by atomic mass is 19.1. The Balaban J connectivity index is 1.87. The molecule has 2 amide bonds. The van der Waals surface area contributed by atoms with Gasteiger partial charge in [-0.3, -0.25) is 9.59 Å². The Bertz CT molecular complexity index is 1240. The van der Waals surface area contributed by atoms with Crippen LogP contribution in [0.2, 0.25) is 0 Å². The summed E-state index contributed by atoms with van der Waals surface area (Å²) in [6, 6.07) is 17.1. The average molecular weight is 414 g/mol. The normalized spacial score (nSPS) is 13.9. The molecule has 4 nitrogen and oxygen atoms in total. The van der Waals surface area contributed by atoms with Crippen molar-refractivity contribution in [3.63, 3.8) is 0 Å². The van der Waals surface area contributed by atoms with Gasteiger partial charge in [-0.2, -0.15) is 0 Å². The molecule has 4 rings (SSSR count). The van der Waals surface area contributed by atoms with Crippen LogP contribution in [0.3, 0.4) is 0 Å². The lowest BCUT2D eigenvalue weighted by Crippen LogP contribution is -2.33. The Morgan fingerprint density at radius 3 is 2.06 bits per heavy atom. The van der Waals surface area contributed by atoms with Crippen molar-refractivity contribution in [1.29, 1.82) is 0 Å². The molecule has 31 heavy (non-hydrogen) atoms. The minimum Gasteiger partial charge on any atom is -0.350 e. The summed E-state index contributed by atoms with van der Waals surface area (Å²) in [6.45, 7) is 7.71. The minimum absolute atomic E-state index is 0.185. The molecular weight excluding hydrogens is 391 g/mol. The average Bonchev–Trinajstić information content (AvgIpc) is 2.96. The number of nitrogens with one attached hydrogen (secondary N) is 1. The van der Waals surface area contributed by atoms with Gasteiger partial charge in [-0.15, -0.1) is 0 Å². The van der Waals surface area contributed by atoms with E-state index in [4.69, 9.17) is 0 Å². The SMILES string of the molecule is Cc1ccc(NC2=C(c3ccc(F)cc3)C(=O)N(c3cc(C)ccc3C)C2=O)c(C)c1. The Morgan fingerprint density at radius 1 is 0.742 bits per heavy atom. The third-order valence-electron chi connectivity index (χ3n) is 5.46. The Hall–Kier alpha value is -3.73. The molecule has 0 saturated heterocycles. The van der Waals surface area contributed by atoms with Gasteiger partial charge in [0.25, 0.3) is 11.8 Å². The van der Waals surface area contributed by atoms with Crippen LogP contribution < -0.4 is 10.2 Å². The van der Waals surface area contributed by atoms with Gasteiger partial charge in [-0.25, -0.2) is 9.29 Å². The summed E-state index contributed by atoms with van der Waals surface area (Å²) in [6.07, 6.45) is 0. The number of hydrogen-bond acceptors (Lipinski definition) is 3. The van der Waals surface area contributed by atoms with E-state index in [-0.39, 0.29) is 11.3 Å². The third-order valence-corrected chi connectivity index (χ3v) is 5.46. The molecule has 0 atom stereocenters. The second kappa shape index (κ2) is 7.84. The highest BCUT2D eigenvalue weighted by molar-refractivity contribution is 6.46. The highest BCUT2D eigenvalue weighted by Gasteiger charge is 2.41. The van der Waals surface area contributed by atoms with E-state index in [0.29, 0.717) is 11.3 Å². The first-order chi connectivity index (χ1) is 14.8. The van der Waals surface area contributed by atoms with Crippen LogP contribution in [0.25, 0.3) is 5.57 Å². The van der Waals surface area contributed by atoms with E-state index in [0.717, 1.165) is 27.9 Å². The Labute approximate surface area is 181 Å². The Kier molecular flexibility index (Phi) is 5.19. The van der Waals surface area contributed by atoms with Gasteiger partial charge < -0.3 is 5.32 Å². The molecular formula is C26H23FN2O2. The second-order valence-corrected chi connectivity index (χ2v) is 7.94. The van der Waals surface area contributed by atoms with Crippen LogP contribution in [0.4, 0.5) is 15.8 Å². The molecule has 1 N–H and O–H groups in total. The first kappa shape index (κ1) is 20.5. The maximum atomic E-state index is 13.5. The van der Waals surface area contributed by atoms with Gasteiger partial charge in [0.05, 0.1) is 11.3 Å². The molecule has 0 aromatic heterocycles. The molecule has 0 spiro atoms. The lowest BCUT2D eigenvalue weighted by Gasteiger charge is -2.18. The number of benzene rings is 3. The summed E-state index contributed by atoms with van der Waals surface area (Å²) in [5.41, 5.74) is 6.00. The monoisotopic (exact) mass is 414 g/mol. The van der Waals surface area contributed by atoms with E-state index in [9.17, 15) is 14.0 Å². The number of carbonyl (C=O) groups excluding carboxylic acids is 2. The van der Waals surface area contributed by atoms with Crippen molar-refractivity contribution in [2.75, 3.05) is 10.2 Å². The summed E-state index contributed by atoms with van der Waals surface area (Å²) < 4.78 is 13.5. The van der Waals surface area contributed by atoms with Crippen LogP contribution in [-0.2, 0) is 9.59 Å². The molecule has 3 aromatic rings. The number of nitrogens with zero attached hydrogens (tertiary/aromatic N) is 1. The van der Waals surface area contributed by atoms with Gasteiger partial charge in [-0.05, 0) is 74.2 Å². The fraction of sp³-hybridized carbons (Fsp3) is 0.154. The highest BCUT2D eigenvalue weighted by Crippen LogP contribution is 2.36. The molecule has 1 aliphatic rings. The van der Waals surface area contributed by atoms with Crippen molar-refractivity contribution in [3.05, 3.63) is 100.0 Å². The number of halogens is 1. The molecule has 0 saturated carbocycles. The van der Waals surface area contributed by atoms with Gasteiger partial charge in [0.15, 0.2) is 0 Å². The van der Waals surface area contributed by atoms with Crippen LogP contribution in [0, 0.1) is 33.5 Å². The fourth-order valence-corrected chi connectivity index (χ4v) is 3.80. The number of aryl methyl sites for hydroxylation is 4. The van der Waals surface area contributed by atoms with Gasteiger partial charge in [0.2, 0.25) is 0 Å². The van der Waals surface area contributed by atoms with E-state index < -0.39 is 17.6 Å². The van der Waals surface area contributed by atoms with Crippen LogP contribution in [-0.4, -0.2) is 11.8 Å². The van der Waals surface area contributed by atoms with Gasteiger partial charge in [-0.1, -0.05) is 42.0 Å². The minimum atomic E-state index is -0.433. The number of rotatable bonds is 4. The summed E-state index contributed by atoms with van der Waals surface area (Å²) in [7, 11) is 0. The van der Waals surface area contributed by atoms with Crippen molar-refractivity contribution < 1.29 is 14.0 Å². The zero-order chi connectivity index (χ0) is 22.3. The molecule has 0 unspecified atom stereocenters. The zero-order valence-electron chi connectivity index (χ0n) is 17.9. The van der Waals surface area contributed by atoms with Crippen molar-refractivity contribution in [2.45, 2.75) is 27.7 Å². The number of hydrogen-bond donors (Lipinski definition) is 1. The first-order valence-corrected chi connectivity index (χ1v) is 10.1. The first-order valence-electron chi connectivity index (χ1n) is 10.1.